The van der Waals surface area contributed by atoms with E-state index in [-0.39, 0.29) is 28.2 Å². The Bertz CT molecular complexity index is 494. The van der Waals surface area contributed by atoms with E-state index in [2.05, 4.69) is 27.9 Å². The molecule has 0 saturated carbocycles. The van der Waals surface area contributed by atoms with Crippen molar-refractivity contribution in [3.63, 3.8) is 0 Å². The minimum Gasteiger partial charge on any atom is -0.348 e. The van der Waals surface area contributed by atoms with Crippen molar-refractivity contribution >= 4 is 45.8 Å². The molecule has 0 aromatic heterocycles. The summed E-state index contributed by atoms with van der Waals surface area (Å²) in [5.41, 5.74) is -0.245. The van der Waals surface area contributed by atoms with Gasteiger partial charge in [-0.3, -0.25) is 14.9 Å². The van der Waals surface area contributed by atoms with Crippen LogP contribution in [-0.2, 0) is 0 Å². The molecule has 0 aliphatic carbocycles. The molecule has 1 amide bonds. The Kier molecular flexibility index (Phi) is 5.99. The van der Waals surface area contributed by atoms with E-state index < -0.39 is 10.8 Å². The highest BCUT2D eigenvalue weighted by molar-refractivity contribution is 14.1. The highest BCUT2D eigenvalue weighted by atomic mass is 127. The van der Waals surface area contributed by atoms with Crippen LogP contribution in [0.3, 0.4) is 0 Å². The average Bonchev–Trinajstić information content (AvgIpc) is 2.34. The topological polar surface area (TPSA) is 72.2 Å². The molecule has 1 atom stereocenters. The van der Waals surface area contributed by atoms with Crippen molar-refractivity contribution in [1.29, 1.82) is 0 Å². The number of benzene rings is 1. The van der Waals surface area contributed by atoms with E-state index >= 15 is 0 Å². The number of nitro groups is 1. The van der Waals surface area contributed by atoms with Gasteiger partial charge < -0.3 is 5.32 Å². The first-order chi connectivity index (χ1) is 8.86. The number of hydrogen-bond acceptors (Lipinski definition) is 3. The van der Waals surface area contributed by atoms with Gasteiger partial charge in [0.05, 0.1) is 4.92 Å². The minimum absolute atomic E-state index is 0.0246. The Morgan fingerprint density at radius 1 is 1.53 bits per heavy atom. The number of halogens is 2. The highest BCUT2D eigenvalue weighted by Crippen LogP contribution is 2.23. The smallest absolute Gasteiger partial charge is 0.283 e. The Morgan fingerprint density at radius 3 is 2.63 bits per heavy atom. The van der Waals surface area contributed by atoms with Gasteiger partial charge in [-0.25, -0.2) is 0 Å². The number of alkyl halides is 1. The lowest BCUT2D eigenvalue weighted by Crippen LogP contribution is -2.39. The Hall–Kier alpha value is -0.890. The average molecular weight is 397 g/mol. The summed E-state index contributed by atoms with van der Waals surface area (Å²) in [5.74, 6) is -0.189. The van der Waals surface area contributed by atoms with Gasteiger partial charge in [-0.15, -0.1) is 0 Å². The standard InChI is InChI=1S/C12H14ClIN2O3/c1-7(2)10(6-14)15-12(17)9-4-3-8(13)5-11(9)16(18)19/h3-5,7,10H,6H2,1-2H3,(H,15,17). The van der Waals surface area contributed by atoms with Gasteiger partial charge in [0, 0.05) is 21.6 Å². The molecule has 0 aliphatic rings. The molecule has 0 heterocycles. The van der Waals surface area contributed by atoms with Crippen LogP contribution in [0, 0.1) is 16.0 Å². The van der Waals surface area contributed by atoms with Crippen LogP contribution in [0.1, 0.15) is 24.2 Å². The van der Waals surface area contributed by atoms with E-state index in [1.54, 1.807) is 0 Å². The number of nitrogens with zero attached hydrogens (tertiary/aromatic N) is 1. The van der Waals surface area contributed by atoms with Crippen molar-refractivity contribution in [2.24, 2.45) is 5.92 Å². The summed E-state index contributed by atoms with van der Waals surface area (Å²) in [6.45, 7) is 3.97. The van der Waals surface area contributed by atoms with Crippen LogP contribution >= 0.6 is 34.2 Å². The highest BCUT2D eigenvalue weighted by Gasteiger charge is 2.23. The third kappa shape index (κ3) is 4.31. The third-order valence-electron chi connectivity index (χ3n) is 2.69. The second kappa shape index (κ2) is 7.04. The van der Waals surface area contributed by atoms with Gasteiger partial charge in [0.15, 0.2) is 0 Å². The van der Waals surface area contributed by atoms with Gasteiger partial charge in [0.2, 0.25) is 0 Å². The molecule has 1 aromatic rings. The molecule has 0 radical (unpaired) electrons. The van der Waals surface area contributed by atoms with Crippen molar-refractivity contribution < 1.29 is 9.72 Å². The van der Waals surface area contributed by atoms with E-state index in [4.69, 9.17) is 11.6 Å². The van der Waals surface area contributed by atoms with Crippen molar-refractivity contribution in [3.05, 3.63) is 38.9 Å². The second-order valence-corrected chi connectivity index (χ2v) is 5.71. The fraction of sp³-hybridized carbons (Fsp3) is 0.417. The lowest BCUT2D eigenvalue weighted by Gasteiger charge is -2.19. The van der Waals surface area contributed by atoms with Crippen molar-refractivity contribution in [1.82, 2.24) is 5.32 Å². The van der Waals surface area contributed by atoms with Crippen LogP contribution in [-0.4, -0.2) is 21.3 Å². The summed E-state index contributed by atoms with van der Waals surface area (Å²) in [6, 6.07) is 4.01. The lowest BCUT2D eigenvalue weighted by molar-refractivity contribution is -0.385. The van der Waals surface area contributed by atoms with Gasteiger partial charge in [-0.05, 0) is 18.1 Å². The number of nitro benzene ring substituents is 1. The first-order valence-electron chi connectivity index (χ1n) is 5.67. The third-order valence-corrected chi connectivity index (χ3v) is 3.87. The summed E-state index contributed by atoms with van der Waals surface area (Å²) in [5, 5.41) is 14.0. The molecular weight excluding hydrogens is 383 g/mol. The van der Waals surface area contributed by atoms with Crippen LogP contribution in [0.4, 0.5) is 5.69 Å². The number of carbonyl (C=O) groups excluding carboxylic acids is 1. The molecule has 1 rings (SSSR count). The molecule has 5 nitrogen and oxygen atoms in total. The molecule has 7 heteroatoms. The van der Waals surface area contributed by atoms with E-state index in [0.29, 0.717) is 0 Å². The molecular formula is C12H14ClIN2O3. The number of rotatable bonds is 5. The van der Waals surface area contributed by atoms with Crippen molar-refractivity contribution in [2.45, 2.75) is 19.9 Å². The van der Waals surface area contributed by atoms with Crippen LogP contribution in [0.5, 0.6) is 0 Å². The number of carbonyl (C=O) groups is 1. The molecule has 1 unspecified atom stereocenters. The zero-order valence-electron chi connectivity index (χ0n) is 10.5. The molecule has 19 heavy (non-hydrogen) atoms. The van der Waals surface area contributed by atoms with Gasteiger partial charge in [-0.2, -0.15) is 0 Å². The molecule has 1 N–H and O–H groups in total. The monoisotopic (exact) mass is 396 g/mol. The van der Waals surface area contributed by atoms with Gasteiger partial charge in [0.1, 0.15) is 5.56 Å². The Labute approximate surface area is 130 Å². The number of nitrogens with one attached hydrogen (secondary N) is 1. The number of amides is 1. The Morgan fingerprint density at radius 2 is 2.16 bits per heavy atom. The minimum atomic E-state index is -0.602. The maximum atomic E-state index is 12.1. The van der Waals surface area contributed by atoms with Crippen LogP contribution in [0.2, 0.25) is 5.02 Å². The van der Waals surface area contributed by atoms with Crippen LogP contribution < -0.4 is 5.32 Å². The van der Waals surface area contributed by atoms with Crippen molar-refractivity contribution in [2.75, 3.05) is 4.43 Å². The maximum Gasteiger partial charge on any atom is 0.283 e. The fourth-order valence-electron chi connectivity index (χ4n) is 1.48. The van der Waals surface area contributed by atoms with Gasteiger partial charge in [0.25, 0.3) is 11.6 Å². The molecule has 0 fully saturated rings. The zero-order chi connectivity index (χ0) is 14.6. The molecule has 0 saturated heterocycles. The lowest BCUT2D eigenvalue weighted by atomic mass is 10.1. The second-order valence-electron chi connectivity index (χ2n) is 4.40. The quantitative estimate of drug-likeness (QED) is 0.359. The van der Waals surface area contributed by atoms with Crippen LogP contribution in [0.15, 0.2) is 18.2 Å². The molecule has 104 valence electrons. The molecule has 1 aromatic carbocycles. The SMILES string of the molecule is CC(C)C(CI)NC(=O)c1ccc(Cl)cc1[N+](=O)[O-]. The molecule has 0 bridgehead atoms. The summed E-state index contributed by atoms with van der Waals surface area (Å²) in [7, 11) is 0. The van der Waals surface area contributed by atoms with E-state index in [0.717, 1.165) is 4.43 Å². The van der Waals surface area contributed by atoms with Crippen LogP contribution in [0.25, 0.3) is 0 Å². The maximum absolute atomic E-state index is 12.1. The summed E-state index contributed by atoms with van der Waals surface area (Å²) in [6.07, 6.45) is 0. The predicted molar refractivity (Wildman–Crippen MR) is 83.1 cm³/mol. The Balaban J connectivity index is 3.03. The first-order valence-corrected chi connectivity index (χ1v) is 7.58. The molecule has 0 aliphatic heterocycles. The first kappa shape index (κ1) is 16.2. The zero-order valence-corrected chi connectivity index (χ0v) is 13.4. The van der Waals surface area contributed by atoms with E-state index in [9.17, 15) is 14.9 Å². The van der Waals surface area contributed by atoms with Gasteiger partial charge >= 0.3 is 0 Å². The summed E-state index contributed by atoms with van der Waals surface area (Å²) in [4.78, 5) is 22.4. The normalized spacial score (nSPS) is 12.3. The largest absolute Gasteiger partial charge is 0.348 e. The predicted octanol–water partition coefficient (Wildman–Crippen LogP) is 3.44. The van der Waals surface area contributed by atoms with E-state index in [1.807, 2.05) is 13.8 Å². The van der Waals surface area contributed by atoms with Crippen molar-refractivity contribution in [3.8, 4) is 0 Å². The fourth-order valence-corrected chi connectivity index (χ4v) is 2.88. The van der Waals surface area contributed by atoms with E-state index in [1.165, 1.54) is 18.2 Å². The van der Waals surface area contributed by atoms with Gasteiger partial charge in [-0.1, -0.05) is 48.0 Å². The number of hydrogen-bond donors (Lipinski definition) is 1. The summed E-state index contributed by atoms with van der Waals surface area (Å²) >= 11 is 7.89. The summed E-state index contributed by atoms with van der Waals surface area (Å²) < 4.78 is 0.739. The molecule has 0 spiro atoms.